The van der Waals surface area contributed by atoms with Gasteiger partial charge in [-0.3, -0.25) is 9.89 Å². The molecule has 0 bridgehead atoms. The maximum absolute atomic E-state index is 12.2. The normalized spacial score (nSPS) is 10.8. The van der Waals surface area contributed by atoms with E-state index in [1.807, 2.05) is 19.9 Å². The first-order valence-electron chi connectivity index (χ1n) is 5.69. The van der Waals surface area contributed by atoms with Gasteiger partial charge in [0.1, 0.15) is 11.5 Å². The molecule has 0 aliphatic carbocycles. The second-order valence-corrected chi connectivity index (χ2v) is 5.47. The molecule has 3 aromatic rings. The quantitative estimate of drug-likeness (QED) is 0.750. The summed E-state index contributed by atoms with van der Waals surface area (Å²) in [6.07, 6.45) is 1.66. The molecule has 0 radical (unpaired) electrons. The Hall–Kier alpha value is -2.28. The van der Waals surface area contributed by atoms with Crippen LogP contribution in [0, 0.1) is 13.8 Å². The van der Waals surface area contributed by atoms with Gasteiger partial charge in [0.2, 0.25) is 0 Å². The van der Waals surface area contributed by atoms with Crippen LogP contribution in [0.15, 0.2) is 18.3 Å². The molecule has 0 saturated heterocycles. The summed E-state index contributed by atoms with van der Waals surface area (Å²) < 4.78 is 0. The highest BCUT2D eigenvalue weighted by Crippen LogP contribution is 2.21. The van der Waals surface area contributed by atoms with Gasteiger partial charge in [-0.1, -0.05) is 0 Å². The van der Waals surface area contributed by atoms with Crippen LogP contribution in [0.1, 0.15) is 20.4 Å². The molecule has 0 unspecified atom stereocenters. The summed E-state index contributed by atoms with van der Waals surface area (Å²) in [7, 11) is 0. The summed E-state index contributed by atoms with van der Waals surface area (Å²) in [5.41, 5.74) is 1.03. The Morgan fingerprint density at radius 2 is 2.26 bits per heavy atom. The Kier molecular flexibility index (Phi) is 2.75. The van der Waals surface area contributed by atoms with Crippen molar-refractivity contribution in [1.82, 2.24) is 20.2 Å². The van der Waals surface area contributed by atoms with E-state index >= 15 is 0 Å². The van der Waals surface area contributed by atoms with Crippen molar-refractivity contribution in [2.75, 3.05) is 5.32 Å². The zero-order chi connectivity index (χ0) is 13.4. The molecular formula is C12H11N5OS. The number of nitrogens with one attached hydrogen (secondary N) is 2. The van der Waals surface area contributed by atoms with Crippen molar-refractivity contribution in [2.24, 2.45) is 0 Å². The van der Waals surface area contributed by atoms with Crippen LogP contribution < -0.4 is 5.32 Å². The number of aromatic nitrogens is 4. The number of aromatic amines is 1. The van der Waals surface area contributed by atoms with Crippen molar-refractivity contribution in [3.05, 3.63) is 33.9 Å². The predicted octanol–water partition coefficient (Wildman–Crippen LogP) is 2.28. The molecular weight excluding hydrogens is 262 g/mol. The molecule has 19 heavy (non-hydrogen) atoms. The Labute approximate surface area is 112 Å². The highest BCUT2D eigenvalue weighted by Gasteiger charge is 2.16. The van der Waals surface area contributed by atoms with E-state index in [2.05, 4.69) is 25.5 Å². The number of rotatable bonds is 2. The number of fused-ring (bicyclic) bond motifs is 1. The average molecular weight is 273 g/mol. The SMILES string of the molecule is Cc1nc(C(=O)Nc2[nH]nc3ncccc23)c(C)s1. The summed E-state index contributed by atoms with van der Waals surface area (Å²) in [6, 6.07) is 3.65. The van der Waals surface area contributed by atoms with Gasteiger partial charge >= 0.3 is 0 Å². The van der Waals surface area contributed by atoms with Crippen LogP contribution in [0.25, 0.3) is 11.0 Å². The third-order valence-electron chi connectivity index (χ3n) is 2.69. The first-order valence-corrected chi connectivity index (χ1v) is 6.51. The summed E-state index contributed by atoms with van der Waals surface area (Å²) in [5, 5.41) is 11.2. The van der Waals surface area contributed by atoms with E-state index in [1.165, 1.54) is 11.3 Å². The third kappa shape index (κ3) is 2.08. The zero-order valence-corrected chi connectivity index (χ0v) is 11.2. The fraction of sp³-hybridized carbons (Fsp3) is 0.167. The van der Waals surface area contributed by atoms with E-state index in [0.29, 0.717) is 17.2 Å². The highest BCUT2D eigenvalue weighted by molar-refractivity contribution is 7.11. The fourth-order valence-electron chi connectivity index (χ4n) is 1.86. The molecule has 0 aliphatic rings. The molecule has 3 rings (SSSR count). The van der Waals surface area contributed by atoms with Gasteiger partial charge in [-0.25, -0.2) is 9.97 Å². The van der Waals surface area contributed by atoms with Gasteiger partial charge in [-0.15, -0.1) is 11.3 Å². The lowest BCUT2D eigenvalue weighted by Gasteiger charge is -2.01. The van der Waals surface area contributed by atoms with Crippen molar-refractivity contribution < 1.29 is 4.79 Å². The number of amides is 1. The number of pyridine rings is 1. The molecule has 6 nitrogen and oxygen atoms in total. The smallest absolute Gasteiger partial charge is 0.276 e. The number of aryl methyl sites for hydroxylation is 2. The van der Waals surface area contributed by atoms with Gasteiger partial charge < -0.3 is 5.32 Å². The largest absolute Gasteiger partial charge is 0.305 e. The second kappa shape index (κ2) is 4.43. The molecule has 3 heterocycles. The lowest BCUT2D eigenvalue weighted by Crippen LogP contribution is -2.14. The molecule has 0 aliphatic heterocycles. The Morgan fingerprint density at radius 3 is 3.00 bits per heavy atom. The number of carbonyl (C=O) groups excluding carboxylic acids is 1. The Bertz CT molecular complexity index is 760. The van der Waals surface area contributed by atoms with Crippen molar-refractivity contribution >= 4 is 34.1 Å². The van der Waals surface area contributed by atoms with Crippen LogP contribution in [0.3, 0.4) is 0 Å². The van der Waals surface area contributed by atoms with Crippen LogP contribution in [-0.4, -0.2) is 26.1 Å². The number of hydrogen-bond donors (Lipinski definition) is 2. The fourth-order valence-corrected chi connectivity index (χ4v) is 2.67. The van der Waals surface area contributed by atoms with E-state index in [0.717, 1.165) is 15.3 Å². The first-order chi connectivity index (χ1) is 9.15. The zero-order valence-electron chi connectivity index (χ0n) is 10.4. The van der Waals surface area contributed by atoms with E-state index in [-0.39, 0.29) is 5.91 Å². The highest BCUT2D eigenvalue weighted by atomic mass is 32.1. The van der Waals surface area contributed by atoms with Crippen LogP contribution in [0.5, 0.6) is 0 Å². The number of thiazole rings is 1. The number of nitrogens with zero attached hydrogens (tertiary/aromatic N) is 3. The standard InChI is InChI=1S/C12H11N5OS/c1-6-9(14-7(2)19-6)12(18)15-11-8-4-3-5-13-10(8)16-17-11/h3-5H,1-2H3,(H2,13,15,16,17,18). The maximum atomic E-state index is 12.2. The van der Waals surface area contributed by atoms with Crippen LogP contribution in [0.4, 0.5) is 5.82 Å². The second-order valence-electron chi connectivity index (χ2n) is 4.06. The maximum Gasteiger partial charge on any atom is 0.276 e. The lowest BCUT2D eigenvalue weighted by molar-refractivity contribution is 0.102. The van der Waals surface area contributed by atoms with Gasteiger partial charge in [0.05, 0.1) is 10.4 Å². The number of H-pyrrole nitrogens is 1. The van der Waals surface area contributed by atoms with E-state index in [4.69, 9.17) is 0 Å². The van der Waals surface area contributed by atoms with Crippen LogP contribution in [0.2, 0.25) is 0 Å². The van der Waals surface area contributed by atoms with Crippen molar-refractivity contribution in [3.63, 3.8) is 0 Å². The molecule has 1 amide bonds. The number of carbonyl (C=O) groups is 1. The van der Waals surface area contributed by atoms with E-state index in [1.54, 1.807) is 12.3 Å². The number of anilines is 1. The summed E-state index contributed by atoms with van der Waals surface area (Å²) in [5.74, 6) is 0.300. The molecule has 0 aromatic carbocycles. The van der Waals surface area contributed by atoms with Crippen molar-refractivity contribution in [3.8, 4) is 0 Å². The Balaban J connectivity index is 1.93. The van der Waals surface area contributed by atoms with E-state index < -0.39 is 0 Å². The van der Waals surface area contributed by atoms with Crippen LogP contribution >= 0.6 is 11.3 Å². The summed E-state index contributed by atoms with van der Waals surface area (Å²) in [6.45, 7) is 3.76. The Morgan fingerprint density at radius 1 is 1.42 bits per heavy atom. The first kappa shape index (κ1) is 11.8. The minimum atomic E-state index is -0.240. The van der Waals surface area contributed by atoms with Crippen molar-refractivity contribution in [2.45, 2.75) is 13.8 Å². The topological polar surface area (TPSA) is 83.6 Å². The predicted molar refractivity (Wildman–Crippen MR) is 73.4 cm³/mol. The van der Waals surface area contributed by atoms with Gasteiger partial charge in [-0.2, -0.15) is 5.10 Å². The molecule has 0 spiro atoms. The molecule has 3 aromatic heterocycles. The monoisotopic (exact) mass is 273 g/mol. The summed E-state index contributed by atoms with van der Waals surface area (Å²) in [4.78, 5) is 21.4. The molecule has 0 atom stereocenters. The third-order valence-corrected chi connectivity index (χ3v) is 3.57. The van der Waals surface area contributed by atoms with Gasteiger partial charge in [-0.05, 0) is 26.0 Å². The minimum absolute atomic E-state index is 0.240. The molecule has 96 valence electrons. The van der Waals surface area contributed by atoms with E-state index in [9.17, 15) is 4.79 Å². The number of hydrogen-bond acceptors (Lipinski definition) is 5. The van der Waals surface area contributed by atoms with Gasteiger partial charge in [0.25, 0.3) is 5.91 Å². The molecule has 2 N–H and O–H groups in total. The van der Waals surface area contributed by atoms with Crippen LogP contribution in [-0.2, 0) is 0 Å². The minimum Gasteiger partial charge on any atom is -0.305 e. The molecule has 0 fully saturated rings. The lowest BCUT2D eigenvalue weighted by atomic mass is 10.3. The molecule has 0 saturated carbocycles. The summed E-state index contributed by atoms with van der Waals surface area (Å²) >= 11 is 1.50. The molecule has 7 heteroatoms. The van der Waals surface area contributed by atoms with Crippen molar-refractivity contribution in [1.29, 1.82) is 0 Å². The average Bonchev–Trinajstić information content (AvgIpc) is 2.94. The van der Waals surface area contributed by atoms with Gasteiger partial charge in [0.15, 0.2) is 5.65 Å². The van der Waals surface area contributed by atoms with Gasteiger partial charge in [0, 0.05) is 11.1 Å².